The number of methoxy groups -OCH3 is 1. The Morgan fingerprint density at radius 2 is 1.96 bits per heavy atom. The number of hydrogen-bond acceptors (Lipinski definition) is 6. The predicted octanol–water partition coefficient (Wildman–Crippen LogP) is 3.15. The number of aromatic amines is 1. The summed E-state index contributed by atoms with van der Waals surface area (Å²) in [5, 5.41) is 17.0. The molecule has 8 heteroatoms. The highest BCUT2D eigenvalue weighted by atomic mass is 16.6. The van der Waals surface area contributed by atoms with Gasteiger partial charge in [-0.25, -0.2) is 5.10 Å². The Kier molecular flexibility index (Phi) is 4.42. The molecule has 126 valence electrons. The molecule has 1 aromatic heterocycles. The number of nitro groups is 1. The second kappa shape index (κ2) is 6.83. The van der Waals surface area contributed by atoms with Gasteiger partial charge in [0.25, 0.3) is 11.2 Å². The van der Waals surface area contributed by atoms with Crippen LogP contribution in [-0.2, 0) is 0 Å². The molecule has 3 aromatic rings. The zero-order valence-corrected chi connectivity index (χ0v) is 13.1. The molecule has 0 unspecified atom stereocenters. The number of ether oxygens (including phenoxy) is 2. The van der Waals surface area contributed by atoms with Gasteiger partial charge in [-0.05, 0) is 23.8 Å². The molecule has 0 atom stereocenters. The van der Waals surface area contributed by atoms with E-state index >= 15 is 0 Å². The largest absolute Gasteiger partial charge is 0.496 e. The number of hydrogen-bond donors (Lipinski definition) is 1. The van der Waals surface area contributed by atoms with Crippen LogP contribution in [0.4, 0.5) is 5.69 Å². The average molecular weight is 339 g/mol. The van der Waals surface area contributed by atoms with Crippen LogP contribution in [0.1, 0.15) is 0 Å². The summed E-state index contributed by atoms with van der Waals surface area (Å²) in [7, 11) is 1.51. The van der Waals surface area contributed by atoms with E-state index in [2.05, 4.69) is 10.2 Å². The fraction of sp³-hybridized carbons (Fsp3) is 0.0588. The third-order valence-electron chi connectivity index (χ3n) is 3.41. The summed E-state index contributed by atoms with van der Waals surface area (Å²) in [6.45, 7) is 0. The van der Waals surface area contributed by atoms with E-state index in [1.165, 1.54) is 31.4 Å². The molecular formula is C17H13N3O5. The monoisotopic (exact) mass is 339 g/mol. The normalized spacial score (nSPS) is 10.3. The summed E-state index contributed by atoms with van der Waals surface area (Å²) in [6.07, 6.45) is 0. The molecule has 0 radical (unpaired) electrons. The standard InChI is InChI=1S/C17H13N3O5/c1-24-15-6-5-13(25-17-8-7-16(21)18-19-17)10-14(15)11-3-2-4-12(9-11)20(22)23/h2-10H,1H3,(H,18,21). The molecule has 0 saturated heterocycles. The van der Waals surface area contributed by atoms with Gasteiger partial charge in [-0.15, -0.1) is 5.10 Å². The Morgan fingerprint density at radius 1 is 1.12 bits per heavy atom. The van der Waals surface area contributed by atoms with Crippen molar-refractivity contribution in [3.63, 3.8) is 0 Å². The van der Waals surface area contributed by atoms with Crippen molar-refractivity contribution in [2.45, 2.75) is 0 Å². The average Bonchev–Trinajstić information content (AvgIpc) is 2.63. The van der Waals surface area contributed by atoms with Gasteiger partial charge in [0.1, 0.15) is 11.5 Å². The molecule has 0 spiro atoms. The third kappa shape index (κ3) is 3.63. The van der Waals surface area contributed by atoms with Crippen molar-refractivity contribution in [1.82, 2.24) is 10.2 Å². The van der Waals surface area contributed by atoms with Crippen LogP contribution in [0.3, 0.4) is 0 Å². The Balaban J connectivity index is 2.00. The summed E-state index contributed by atoms with van der Waals surface area (Å²) in [4.78, 5) is 21.6. The summed E-state index contributed by atoms with van der Waals surface area (Å²) in [5.41, 5.74) is 0.895. The van der Waals surface area contributed by atoms with Crippen molar-refractivity contribution < 1.29 is 14.4 Å². The minimum absolute atomic E-state index is 0.0202. The second-order valence-corrected chi connectivity index (χ2v) is 5.03. The number of benzene rings is 2. The molecule has 1 heterocycles. The maximum Gasteiger partial charge on any atom is 0.270 e. The van der Waals surface area contributed by atoms with E-state index in [-0.39, 0.29) is 17.1 Å². The highest BCUT2D eigenvalue weighted by molar-refractivity contribution is 5.73. The van der Waals surface area contributed by atoms with Gasteiger partial charge in [0.15, 0.2) is 0 Å². The first kappa shape index (κ1) is 16.2. The topological polar surface area (TPSA) is 107 Å². The predicted molar refractivity (Wildman–Crippen MR) is 90.0 cm³/mol. The highest BCUT2D eigenvalue weighted by Crippen LogP contribution is 2.35. The first-order valence-electron chi connectivity index (χ1n) is 7.23. The van der Waals surface area contributed by atoms with Crippen LogP contribution in [-0.4, -0.2) is 22.2 Å². The van der Waals surface area contributed by atoms with E-state index < -0.39 is 4.92 Å². The van der Waals surface area contributed by atoms with Gasteiger partial charge in [-0.1, -0.05) is 12.1 Å². The SMILES string of the molecule is COc1ccc(Oc2ccc(=O)[nH]n2)cc1-c1cccc([N+](=O)[O-])c1. The van der Waals surface area contributed by atoms with Crippen molar-refractivity contribution in [3.05, 3.63) is 75.1 Å². The molecule has 0 saturated carbocycles. The molecule has 25 heavy (non-hydrogen) atoms. The van der Waals surface area contributed by atoms with E-state index in [4.69, 9.17) is 9.47 Å². The molecular weight excluding hydrogens is 326 g/mol. The number of nitrogens with one attached hydrogen (secondary N) is 1. The van der Waals surface area contributed by atoms with E-state index in [0.29, 0.717) is 22.6 Å². The Labute approximate surface area is 141 Å². The van der Waals surface area contributed by atoms with Crippen molar-refractivity contribution in [3.8, 4) is 28.5 Å². The van der Waals surface area contributed by atoms with Crippen LogP contribution >= 0.6 is 0 Å². The number of non-ortho nitro benzene ring substituents is 1. The van der Waals surface area contributed by atoms with Gasteiger partial charge < -0.3 is 9.47 Å². The number of nitro benzene ring substituents is 1. The molecule has 0 fully saturated rings. The van der Waals surface area contributed by atoms with Crippen molar-refractivity contribution in [2.24, 2.45) is 0 Å². The lowest BCUT2D eigenvalue weighted by Crippen LogP contribution is -2.05. The first-order chi connectivity index (χ1) is 12.1. The highest BCUT2D eigenvalue weighted by Gasteiger charge is 2.12. The molecule has 0 aliphatic heterocycles. The lowest BCUT2D eigenvalue weighted by Gasteiger charge is -2.11. The number of rotatable bonds is 5. The van der Waals surface area contributed by atoms with Crippen LogP contribution < -0.4 is 15.0 Å². The molecule has 0 aliphatic carbocycles. The minimum Gasteiger partial charge on any atom is -0.496 e. The van der Waals surface area contributed by atoms with Crippen LogP contribution in [0.15, 0.2) is 59.4 Å². The van der Waals surface area contributed by atoms with E-state index in [9.17, 15) is 14.9 Å². The number of H-pyrrole nitrogens is 1. The quantitative estimate of drug-likeness (QED) is 0.565. The summed E-state index contributed by atoms with van der Waals surface area (Å²) >= 11 is 0. The molecule has 2 aromatic carbocycles. The van der Waals surface area contributed by atoms with Crippen LogP contribution in [0.5, 0.6) is 17.4 Å². The lowest BCUT2D eigenvalue weighted by molar-refractivity contribution is -0.384. The number of aromatic nitrogens is 2. The van der Waals surface area contributed by atoms with Crippen LogP contribution in [0.25, 0.3) is 11.1 Å². The zero-order chi connectivity index (χ0) is 17.8. The van der Waals surface area contributed by atoms with E-state index in [1.807, 2.05) is 0 Å². The fourth-order valence-corrected chi connectivity index (χ4v) is 2.27. The second-order valence-electron chi connectivity index (χ2n) is 5.03. The molecule has 3 rings (SSSR count). The van der Waals surface area contributed by atoms with Gasteiger partial charge in [-0.2, -0.15) is 0 Å². The molecule has 0 amide bonds. The maximum atomic E-state index is 11.0. The molecule has 8 nitrogen and oxygen atoms in total. The lowest BCUT2D eigenvalue weighted by atomic mass is 10.0. The third-order valence-corrected chi connectivity index (χ3v) is 3.41. The summed E-state index contributed by atoms with van der Waals surface area (Å²) in [6, 6.07) is 14.0. The Hall–Kier alpha value is -3.68. The fourth-order valence-electron chi connectivity index (χ4n) is 2.27. The van der Waals surface area contributed by atoms with Crippen molar-refractivity contribution in [2.75, 3.05) is 7.11 Å². The smallest absolute Gasteiger partial charge is 0.270 e. The van der Waals surface area contributed by atoms with Gasteiger partial charge in [0.05, 0.1) is 12.0 Å². The van der Waals surface area contributed by atoms with Gasteiger partial charge in [-0.3, -0.25) is 14.9 Å². The molecule has 0 bridgehead atoms. The van der Waals surface area contributed by atoms with E-state index in [0.717, 1.165) is 0 Å². The molecule has 0 aliphatic rings. The zero-order valence-electron chi connectivity index (χ0n) is 13.1. The Bertz CT molecular complexity index is 964. The van der Waals surface area contributed by atoms with E-state index in [1.54, 1.807) is 30.3 Å². The van der Waals surface area contributed by atoms with Gasteiger partial charge in [0.2, 0.25) is 5.88 Å². The van der Waals surface area contributed by atoms with Crippen LogP contribution in [0.2, 0.25) is 0 Å². The van der Waals surface area contributed by atoms with Gasteiger partial charge in [0, 0.05) is 29.8 Å². The molecule has 1 N–H and O–H groups in total. The number of nitrogens with zero attached hydrogens (tertiary/aromatic N) is 2. The summed E-state index contributed by atoms with van der Waals surface area (Å²) < 4.78 is 10.9. The maximum absolute atomic E-state index is 11.0. The summed E-state index contributed by atoms with van der Waals surface area (Å²) in [5.74, 6) is 1.21. The van der Waals surface area contributed by atoms with Gasteiger partial charge >= 0.3 is 0 Å². The first-order valence-corrected chi connectivity index (χ1v) is 7.23. The Morgan fingerprint density at radius 3 is 2.64 bits per heavy atom. The van der Waals surface area contributed by atoms with Crippen molar-refractivity contribution >= 4 is 5.69 Å². The van der Waals surface area contributed by atoms with Crippen molar-refractivity contribution in [1.29, 1.82) is 0 Å². The minimum atomic E-state index is -0.458. The van der Waals surface area contributed by atoms with Crippen LogP contribution in [0, 0.1) is 10.1 Å².